The van der Waals surface area contributed by atoms with Crippen molar-refractivity contribution >= 4 is 11.6 Å². The van der Waals surface area contributed by atoms with Crippen LogP contribution in [0, 0.1) is 10.1 Å². The molecule has 2 rings (SSSR count). The molecule has 0 heterocycles. The van der Waals surface area contributed by atoms with Gasteiger partial charge in [-0.25, -0.2) is 0 Å². The van der Waals surface area contributed by atoms with Gasteiger partial charge >= 0.3 is 0 Å². The molecule has 1 aliphatic rings. The minimum atomic E-state index is -0.460. The molecule has 19 heavy (non-hydrogen) atoms. The second kappa shape index (κ2) is 4.99. The zero-order chi connectivity index (χ0) is 14.0. The Morgan fingerprint density at radius 1 is 1.42 bits per heavy atom. The minimum Gasteiger partial charge on any atom is -0.353 e. The third kappa shape index (κ3) is 2.59. The van der Waals surface area contributed by atoms with Crippen LogP contribution < -0.4 is 5.32 Å². The Morgan fingerprint density at radius 2 is 2.00 bits per heavy atom. The normalized spacial score (nSPS) is 17.6. The molecule has 1 unspecified atom stereocenters. The van der Waals surface area contributed by atoms with E-state index in [0.717, 1.165) is 24.8 Å². The summed E-state index contributed by atoms with van der Waals surface area (Å²) in [5.74, 6) is 0.0377. The van der Waals surface area contributed by atoms with Crippen LogP contribution in [-0.2, 0) is 10.2 Å². The van der Waals surface area contributed by atoms with E-state index in [9.17, 15) is 14.9 Å². The van der Waals surface area contributed by atoms with Gasteiger partial charge in [0.15, 0.2) is 0 Å². The highest BCUT2D eigenvalue weighted by Crippen LogP contribution is 2.48. The largest absolute Gasteiger partial charge is 0.353 e. The lowest BCUT2D eigenvalue weighted by Gasteiger charge is -2.19. The molecule has 0 aliphatic heterocycles. The maximum absolute atomic E-state index is 12.3. The summed E-state index contributed by atoms with van der Waals surface area (Å²) in [7, 11) is 0. The van der Waals surface area contributed by atoms with E-state index in [2.05, 4.69) is 5.32 Å². The summed E-state index contributed by atoms with van der Waals surface area (Å²) in [6.07, 6.45) is 2.52. The third-order valence-corrected chi connectivity index (χ3v) is 3.81. The van der Waals surface area contributed by atoms with Crippen molar-refractivity contribution in [1.82, 2.24) is 5.32 Å². The fourth-order valence-electron chi connectivity index (χ4n) is 2.14. The number of nitrogens with zero attached hydrogens (tertiary/aromatic N) is 1. The first-order valence-electron chi connectivity index (χ1n) is 6.55. The molecule has 5 heteroatoms. The molecule has 1 fully saturated rings. The predicted molar refractivity (Wildman–Crippen MR) is 71.9 cm³/mol. The Kier molecular flexibility index (Phi) is 3.55. The van der Waals surface area contributed by atoms with Crippen molar-refractivity contribution in [3.63, 3.8) is 0 Å². The third-order valence-electron chi connectivity index (χ3n) is 3.81. The second-order valence-corrected chi connectivity index (χ2v) is 5.17. The Balaban J connectivity index is 2.16. The highest BCUT2D eigenvalue weighted by molar-refractivity contribution is 5.91. The van der Waals surface area contributed by atoms with Crippen LogP contribution in [-0.4, -0.2) is 16.9 Å². The van der Waals surface area contributed by atoms with Crippen LogP contribution in [0.25, 0.3) is 0 Å². The van der Waals surface area contributed by atoms with E-state index in [1.807, 2.05) is 13.8 Å². The van der Waals surface area contributed by atoms with Gasteiger partial charge in [0.25, 0.3) is 5.69 Å². The van der Waals surface area contributed by atoms with Gasteiger partial charge in [0, 0.05) is 18.2 Å². The zero-order valence-corrected chi connectivity index (χ0v) is 11.2. The van der Waals surface area contributed by atoms with E-state index >= 15 is 0 Å². The van der Waals surface area contributed by atoms with E-state index < -0.39 is 10.3 Å². The smallest absolute Gasteiger partial charge is 0.269 e. The Labute approximate surface area is 112 Å². The number of benzene rings is 1. The van der Waals surface area contributed by atoms with Crippen LogP contribution in [0.2, 0.25) is 0 Å². The number of rotatable bonds is 5. The average Bonchev–Trinajstić information content (AvgIpc) is 3.20. The van der Waals surface area contributed by atoms with E-state index in [4.69, 9.17) is 0 Å². The first kappa shape index (κ1) is 13.5. The quantitative estimate of drug-likeness (QED) is 0.654. The fourth-order valence-corrected chi connectivity index (χ4v) is 2.14. The average molecular weight is 262 g/mol. The summed E-state index contributed by atoms with van der Waals surface area (Å²) in [4.78, 5) is 22.5. The molecule has 1 N–H and O–H groups in total. The van der Waals surface area contributed by atoms with Crippen LogP contribution >= 0.6 is 0 Å². The monoisotopic (exact) mass is 262 g/mol. The Bertz CT molecular complexity index is 492. The molecule has 1 aromatic carbocycles. The van der Waals surface area contributed by atoms with E-state index in [0.29, 0.717) is 0 Å². The van der Waals surface area contributed by atoms with Crippen LogP contribution in [0.5, 0.6) is 0 Å². The van der Waals surface area contributed by atoms with Gasteiger partial charge in [-0.3, -0.25) is 14.9 Å². The number of nitrogens with one attached hydrogen (secondary N) is 1. The van der Waals surface area contributed by atoms with Gasteiger partial charge in [0.1, 0.15) is 0 Å². The number of carbonyl (C=O) groups excluding carboxylic acids is 1. The van der Waals surface area contributed by atoms with Gasteiger partial charge < -0.3 is 5.32 Å². The van der Waals surface area contributed by atoms with Gasteiger partial charge in [-0.05, 0) is 31.7 Å². The number of amides is 1. The number of nitro groups is 1. The molecule has 1 amide bonds. The van der Waals surface area contributed by atoms with Gasteiger partial charge in [-0.15, -0.1) is 0 Å². The summed E-state index contributed by atoms with van der Waals surface area (Å²) in [6.45, 7) is 4.00. The predicted octanol–water partition coefficient (Wildman–Crippen LogP) is 2.54. The van der Waals surface area contributed by atoms with E-state index in [1.54, 1.807) is 12.1 Å². The highest BCUT2D eigenvalue weighted by Gasteiger charge is 2.51. The van der Waals surface area contributed by atoms with Crippen molar-refractivity contribution in [2.75, 3.05) is 0 Å². The van der Waals surface area contributed by atoms with Crippen LogP contribution in [0.15, 0.2) is 24.3 Å². The van der Waals surface area contributed by atoms with Gasteiger partial charge in [0.05, 0.1) is 10.3 Å². The lowest BCUT2D eigenvalue weighted by molar-refractivity contribution is -0.384. The maximum Gasteiger partial charge on any atom is 0.269 e. The van der Waals surface area contributed by atoms with Crippen molar-refractivity contribution in [2.45, 2.75) is 44.6 Å². The molecular weight excluding hydrogens is 244 g/mol. The fraction of sp³-hybridized carbons (Fsp3) is 0.500. The maximum atomic E-state index is 12.3. The summed E-state index contributed by atoms with van der Waals surface area (Å²) in [5.41, 5.74) is 0.472. The van der Waals surface area contributed by atoms with Gasteiger partial charge in [0.2, 0.25) is 5.91 Å². The molecule has 5 nitrogen and oxygen atoms in total. The molecule has 0 radical (unpaired) electrons. The molecular formula is C14H18N2O3. The minimum absolute atomic E-state index is 0.0377. The van der Waals surface area contributed by atoms with Gasteiger partial charge in [-0.2, -0.15) is 0 Å². The molecule has 1 aromatic rings. The molecule has 102 valence electrons. The Morgan fingerprint density at radius 3 is 2.42 bits per heavy atom. The van der Waals surface area contributed by atoms with Crippen molar-refractivity contribution in [3.8, 4) is 0 Å². The topological polar surface area (TPSA) is 72.2 Å². The Hall–Kier alpha value is -1.91. The van der Waals surface area contributed by atoms with Crippen LogP contribution in [0.4, 0.5) is 5.69 Å². The van der Waals surface area contributed by atoms with E-state index in [-0.39, 0.29) is 17.6 Å². The first-order valence-corrected chi connectivity index (χ1v) is 6.55. The molecule has 0 bridgehead atoms. The number of non-ortho nitro benzene ring substituents is 1. The summed E-state index contributed by atoms with van der Waals surface area (Å²) < 4.78 is 0. The number of hydrogen-bond donors (Lipinski definition) is 1. The molecule has 1 atom stereocenters. The molecule has 1 aliphatic carbocycles. The van der Waals surface area contributed by atoms with Crippen LogP contribution in [0.1, 0.15) is 38.7 Å². The van der Waals surface area contributed by atoms with Crippen molar-refractivity contribution in [2.24, 2.45) is 0 Å². The number of nitro benzene ring substituents is 1. The van der Waals surface area contributed by atoms with Crippen molar-refractivity contribution in [3.05, 3.63) is 39.9 Å². The highest BCUT2D eigenvalue weighted by atomic mass is 16.6. The van der Waals surface area contributed by atoms with Gasteiger partial charge in [-0.1, -0.05) is 19.1 Å². The summed E-state index contributed by atoms with van der Waals surface area (Å²) in [5, 5.41) is 13.6. The van der Waals surface area contributed by atoms with Crippen molar-refractivity contribution in [1.29, 1.82) is 0 Å². The molecule has 0 spiro atoms. The number of hydrogen-bond acceptors (Lipinski definition) is 3. The van der Waals surface area contributed by atoms with Crippen LogP contribution in [0.3, 0.4) is 0 Å². The SMILES string of the molecule is CCC(C)NC(=O)C1(c2ccc([N+](=O)[O-])cc2)CC1. The molecule has 0 saturated heterocycles. The zero-order valence-electron chi connectivity index (χ0n) is 11.2. The van der Waals surface area contributed by atoms with E-state index in [1.165, 1.54) is 12.1 Å². The summed E-state index contributed by atoms with van der Waals surface area (Å²) >= 11 is 0. The molecule has 1 saturated carbocycles. The second-order valence-electron chi connectivity index (χ2n) is 5.17. The first-order chi connectivity index (χ1) is 8.99. The lowest BCUT2D eigenvalue weighted by atomic mass is 9.94. The number of carbonyl (C=O) groups is 1. The van der Waals surface area contributed by atoms with Crippen molar-refractivity contribution < 1.29 is 9.72 Å². The summed E-state index contributed by atoms with van der Waals surface area (Å²) in [6, 6.07) is 6.48. The standard InChI is InChI=1S/C14H18N2O3/c1-3-10(2)15-13(17)14(8-9-14)11-4-6-12(7-5-11)16(18)19/h4-7,10H,3,8-9H2,1-2H3,(H,15,17). The lowest BCUT2D eigenvalue weighted by Crippen LogP contribution is -2.39. The molecule has 0 aromatic heterocycles.